The maximum absolute atomic E-state index is 10.4. The molecule has 248 valence electrons. The summed E-state index contributed by atoms with van der Waals surface area (Å²) in [5.41, 5.74) is 1.99. The van der Waals surface area contributed by atoms with E-state index in [0.29, 0.717) is 29.1 Å². The highest BCUT2D eigenvalue weighted by Gasteiger charge is 2.30. The number of ether oxygens (including phenoxy) is 2. The van der Waals surface area contributed by atoms with Crippen molar-refractivity contribution in [2.24, 2.45) is 0 Å². The molecule has 0 aromatic heterocycles. The van der Waals surface area contributed by atoms with Crippen molar-refractivity contribution in [2.45, 2.75) is 64.8 Å². The standard InChI is InChI=1S/C20H22O7.C9H10O3.C2H6.C2H4.CH4O/c1-10(21)20(26)14-6-12(22)4-2-3-11(14)5-19-17(25)9-15-16(24)7-13(23)8-18(15)27-19;10-6-4-8(11)7-2-1-3-12-9(7)5-6;3*1-2/h2-5,7-8,10,17,19,21-26H,6,9H2,1H3;4-5,10-11H,1-3H2;1-2H3;1-2H2;2H,1H3/b11-5+,20-14+;;;;. The first kappa shape index (κ1) is 38.4. The molecule has 2 aromatic rings. The summed E-state index contributed by atoms with van der Waals surface area (Å²) >= 11 is 0. The smallest absolute Gasteiger partial charge is 0.144 e. The van der Waals surface area contributed by atoms with E-state index in [1.807, 2.05) is 13.8 Å². The summed E-state index contributed by atoms with van der Waals surface area (Å²) in [5, 5.41) is 85.4. The van der Waals surface area contributed by atoms with Crippen LogP contribution >= 0.6 is 0 Å². The normalized spacial score (nSPS) is 20.3. The second kappa shape index (κ2) is 18.9. The van der Waals surface area contributed by atoms with Gasteiger partial charge in [-0.2, -0.15) is 0 Å². The Balaban J connectivity index is 0.000000467. The Kier molecular flexibility index (Phi) is 16.2. The molecule has 0 saturated carbocycles. The number of phenolic OH excluding ortho intramolecular Hbond substituents is 4. The minimum atomic E-state index is -1.13. The molecule has 5 rings (SSSR count). The van der Waals surface area contributed by atoms with Crippen molar-refractivity contribution in [3.05, 3.63) is 95.5 Å². The first-order valence-electron chi connectivity index (χ1n) is 14.4. The van der Waals surface area contributed by atoms with E-state index >= 15 is 0 Å². The highest BCUT2D eigenvalue weighted by Crippen LogP contribution is 2.39. The number of phenols is 4. The van der Waals surface area contributed by atoms with E-state index in [2.05, 4.69) is 13.2 Å². The SMILES string of the molecule is C=C.CC.CC(O)/C(O)=C1/CC(O)=CC=C/C1=C\C1Oc2cc(O)cc(O)c2CC1O.CO.Oc1cc(O)c2c(c1)OCCC2. The number of aliphatic hydroxyl groups excluding tert-OH is 5. The summed E-state index contributed by atoms with van der Waals surface area (Å²) in [7, 11) is 1.00. The van der Waals surface area contributed by atoms with Crippen molar-refractivity contribution in [3.63, 3.8) is 0 Å². The van der Waals surface area contributed by atoms with E-state index in [0.717, 1.165) is 25.5 Å². The van der Waals surface area contributed by atoms with E-state index < -0.39 is 18.3 Å². The minimum Gasteiger partial charge on any atom is -0.512 e. The van der Waals surface area contributed by atoms with Crippen LogP contribution in [0.1, 0.15) is 44.7 Å². The highest BCUT2D eigenvalue weighted by molar-refractivity contribution is 5.53. The topological polar surface area (TPSA) is 201 Å². The number of rotatable bonds is 2. The second-order valence-electron chi connectivity index (χ2n) is 9.54. The van der Waals surface area contributed by atoms with Gasteiger partial charge in [-0.3, -0.25) is 0 Å². The first-order chi connectivity index (χ1) is 21.5. The lowest BCUT2D eigenvalue weighted by Crippen LogP contribution is -2.36. The van der Waals surface area contributed by atoms with Crippen molar-refractivity contribution in [1.82, 2.24) is 0 Å². The van der Waals surface area contributed by atoms with Crippen molar-refractivity contribution < 1.29 is 55.4 Å². The number of aromatic hydroxyl groups is 4. The van der Waals surface area contributed by atoms with Gasteiger partial charge in [0.2, 0.25) is 0 Å². The maximum Gasteiger partial charge on any atom is 0.144 e. The van der Waals surface area contributed by atoms with Crippen LogP contribution in [0.15, 0.2) is 84.4 Å². The third kappa shape index (κ3) is 10.5. The molecule has 3 aliphatic rings. The van der Waals surface area contributed by atoms with Gasteiger partial charge in [0.05, 0.1) is 18.5 Å². The van der Waals surface area contributed by atoms with Gasteiger partial charge in [-0.05, 0) is 37.5 Å². The molecule has 3 atom stereocenters. The van der Waals surface area contributed by atoms with Crippen LogP contribution in [0.2, 0.25) is 0 Å². The Labute approximate surface area is 263 Å². The minimum absolute atomic E-state index is 0.0105. The number of aliphatic hydroxyl groups is 5. The molecule has 11 nitrogen and oxygen atoms in total. The lowest BCUT2D eigenvalue weighted by Gasteiger charge is -2.30. The van der Waals surface area contributed by atoms with Gasteiger partial charge in [-0.25, -0.2) is 0 Å². The molecule has 0 bridgehead atoms. The fourth-order valence-electron chi connectivity index (χ4n) is 4.58. The number of benzene rings is 2. The van der Waals surface area contributed by atoms with Gasteiger partial charge < -0.3 is 55.4 Å². The molecular formula is C34H46O11. The molecule has 3 unspecified atom stereocenters. The first-order valence-corrected chi connectivity index (χ1v) is 14.4. The van der Waals surface area contributed by atoms with Gasteiger partial charge in [0.15, 0.2) is 0 Å². The summed E-state index contributed by atoms with van der Waals surface area (Å²) in [6, 6.07) is 5.41. The monoisotopic (exact) mass is 630 g/mol. The van der Waals surface area contributed by atoms with E-state index in [9.17, 15) is 35.7 Å². The molecule has 45 heavy (non-hydrogen) atoms. The van der Waals surface area contributed by atoms with Crippen molar-refractivity contribution in [2.75, 3.05) is 13.7 Å². The summed E-state index contributed by atoms with van der Waals surface area (Å²) in [4.78, 5) is 0. The predicted molar refractivity (Wildman–Crippen MR) is 172 cm³/mol. The molecule has 2 aromatic carbocycles. The van der Waals surface area contributed by atoms with Crippen LogP contribution in [-0.4, -0.2) is 78.0 Å². The van der Waals surface area contributed by atoms with E-state index in [4.69, 9.17) is 19.7 Å². The molecule has 2 heterocycles. The molecule has 11 heteroatoms. The maximum atomic E-state index is 10.4. The second-order valence-corrected chi connectivity index (χ2v) is 9.54. The summed E-state index contributed by atoms with van der Waals surface area (Å²) in [6.45, 7) is 12.1. The third-order valence-corrected chi connectivity index (χ3v) is 6.54. The number of fused-ring (bicyclic) bond motifs is 2. The molecular weight excluding hydrogens is 584 g/mol. The average Bonchev–Trinajstić information content (AvgIpc) is 3.21. The average molecular weight is 631 g/mol. The quantitative estimate of drug-likeness (QED) is 0.157. The number of hydrogen-bond acceptors (Lipinski definition) is 11. The van der Waals surface area contributed by atoms with E-state index in [1.165, 1.54) is 37.3 Å². The van der Waals surface area contributed by atoms with Crippen LogP contribution in [0, 0.1) is 0 Å². The molecule has 0 radical (unpaired) electrons. The summed E-state index contributed by atoms with van der Waals surface area (Å²) < 4.78 is 11.0. The Morgan fingerprint density at radius 3 is 2.11 bits per heavy atom. The zero-order chi connectivity index (χ0) is 34.3. The Morgan fingerprint density at radius 1 is 0.933 bits per heavy atom. The van der Waals surface area contributed by atoms with E-state index in [-0.39, 0.29) is 53.1 Å². The van der Waals surface area contributed by atoms with Crippen LogP contribution in [0.25, 0.3) is 0 Å². The molecule has 1 aliphatic carbocycles. The lowest BCUT2D eigenvalue weighted by molar-refractivity contribution is 0.0476. The number of hydrogen-bond donors (Lipinski definition) is 9. The Morgan fingerprint density at radius 2 is 1.51 bits per heavy atom. The van der Waals surface area contributed by atoms with Crippen molar-refractivity contribution >= 4 is 0 Å². The van der Waals surface area contributed by atoms with Crippen molar-refractivity contribution in [1.29, 1.82) is 0 Å². The Hall–Kier alpha value is -4.58. The fourth-order valence-corrected chi connectivity index (χ4v) is 4.58. The molecule has 0 spiro atoms. The van der Waals surface area contributed by atoms with Crippen LogP contribution in [0.4, 0.5) is 0 Å². The van der Waals surface area contributed by atoms with Crippen LogP contribution in [0.3, 0.4) is 0 Å². The molecule has 2 aliphatic heterocycles. The third-order valence-electron chi connectivity index (χ3n) is 6.54. The van der Waals surface area contributed by atoms with Crippen LogP contribution in [-0.2, 0) is 12.8 Å². The highest BCUT2D eigenvalue weighted by atomic mass is 16.5. The van der Waals surface area contributed by atoms with Gasteiger partial charge in [-0.1, -0.05) is 26.0 Å². The van der Waals surface area contributed by atoms with E-state index in [1.54, 1.807) is 18.2 Å². The molecule has 9 N–H and O–H groups in total. The van der Waals surface area contributed by atoms with Gasteiger partial charge >= 0.3 is 0 Å². The van der Waals surface area contributed by atoms with Gasteiger partial charge in [-0.15, -0.1) is 13.2 Å². The van der Waals surface area contributed by atoms with Crippen LogP contribution in [0.5, 0.6) is 34.5 Å². The zero-order valence-corrected chi connectivity index (χ0v) is 26.1. The number of allylic oxidation sites excluding steroid dienone is 5. The van der Waals surface area contributed by atoms with Crippen LogP contribution < -0.4 is 9.47 Å². The largest absolute Gasteiger partial charge is 0.512 e. The van der Waals surface area contributed by atoms with Gasteiger partial charge in [0.1, 0.15) is 52.5 Å². The molecule has 0 fully saturated rings. The fraction of sp³-hybridized carbons (Fsp3) is 0.353. The van der Waals surface area contributed by atoms with Gasteiger partial charge in [0.25, 0.3) is 0 Å². The summed E-state index contributed by atoms with van der Waals surface area (Å²) in [5.74, 6) is 0.451. The summed E-state index contributed by atoms with van der Waals surface area (Å²) in [6.07, 6.45) is 5.20. The molecule has 0 saturated heterocycles. The zero-order valence-electron chi connectivity index (χ0n) is 26.1. The van der Waals surface area contributed by atoms with Crippen molar-refractivity contribution in [3.8, 4) is 34.5 Å². The lowest BCUT2D eigenvalue weighted by atomic mass is 9.93. The molecule has 0 amide bonds. The predicted octanol–water partition coefficient (Wildman–Crippen LogP) is 5.14. The van der Waals surface area contributed by atoms with Gasteiger partial charge in [0, 0.05) is 60.9 Å². The Bertz CT molecular complexity index is 1370.